The maximum Gasteiger partial charge on any atom is 0.471 e. The van der Waals surface area contributed by atoms with Crippen molar-refractivity contribution in [1.29, 1.82) is 0 Å². The highest BCUT2D eigenvalue weighted by Gasteiger charge is 2.48. The second-order valence-electron chi connectivity index (χ2n) is 8.76. The minimum Gasteiger partial charge on any atom is -0.373 e. The first-order valence-electron chi connectivity index (χ1n) is 10.9. The monoisotopic (exact) mass is 548 g/mol. The first-order valence-corrected chi connectivity index (χ1v) is 12.9. The first-order chi connectivity index (χ1) is 16.2. The number of hydrogen-bond acceptors (Lipinski definition) is 5. The van der Waals surface area contributed by atoms with E-state index in [0.29, 0.717) is 0 Å². The van der Waals surface area contributed by atoms with Crippen molar-refractivity contribution in [3.63, 3.8) is 0 Å². The van der Waals surface area contributed by atoms with Crippen LogP contribution in [0.5, 0.6) is 0 Å². The van der Waals surface area contributed by atoms with Crippen LogP contribution in [0, 0.1) is 11.8 Å². The zero-order chi connectivity index (χ0) is 26.0. The van der Waals surface area contributed by atoms with Gasteiger partial charge in [0.1, 0.15) is 12.9 Å². The summed E-state index contributed by atoms with van der Waals surface area (Å²) in [6, 6.07) is 2.18. The number of anilines is 1. The largest absolute Gasteiger partial charge is 0.471 e. The number of rotatable bonds is 7. The Bertz CT molecular complexity index is 1000. The molecule has 1 amide bonds. The first kappa shape index (κ1) is 28.1. The molecule has 0 saturated heterocycles. The lowest BCUT2D eigenvalue weighted by Gasteiger charge is -2.39. The number of carbonyl (C=O) groups excluding carboxylic acids is 1. The van der Waals surface area contributed by atoms with Gasteiger partial charge in [-0.3, -0.25) is 18.7 Å². The van der Waals surface area contributed by atoms with Gasteiger partial charge in [-0.2, -0.15) is 13.2 Å². The number of pyridine rings is 1. The van der Waals surface area contributed by atoms with E-state index in [0.717, 1.165) is 16.8 Å². The van der Waals surface area contributed by atoms with Gasteiger partial charge in [0.15, 0.2) is 0 Å². The number of nitrogens with zero attached hydrogens (tertiary/aromatic N) is 1. The second kappa shape index (κ2) is 11.3. The number of phosphoric ester groups is 1. The molecule has 6 atom stereocenters. The molecule has 9 nitrogen and oxygen atoms in total. The normalized spacial score (nSPS) is 30.1. The van der Waals surface area contributed by atoms with Crippen molar-refractivity contribution in [3.8, 4) is 0 Å². The Morgan fingerprint density at radius 1 is 1.20 bits per heavy atom. The zero-order valence-electron chi connectivity index (χ0n) is 18.4. The maximum atomic E-state index is 13.6. The van der Waals surface area contributed by atoms with E-state index in [4.69, 9.17) is 26.1 Å². The average molecular weight is 549 g/mol. The van der Waals surface area contributed by atoms with E-state index in [-0.39, 0.29) is 37.8 Å². The van der Waals surface area contributed by atoms with Gasteiger partial charge in [0.05, 0.1) is 29.4 Å². The van der Waals surface area contributed by atoms with Gasteiger partial charge in [-0.25, -0.2) is 8.96 Å². The van der Waals surface area contributed by atoms with E-state index in [2.05, 4.69) is 9.84 Å². The molecule has 6 unspecified atom stereocenters. The van der Waals surface area contributed by atoms with Gasteiger partial charge < -0.3 is 19.8 Å². The standard InChI is InChI=1S/C20H26ClF4N2O7P/c21-15-8-12(22)2-4-17(15)34-16-3-1-11(20(23,24)25)7-14(16)19(29)26-13-5-6-27(18(28)9-13)10-33-35(30,31)32/h5-6,9,11-12,14-17H,1-4,7-8,10H2,(H,26,29)(H2,30,31,32). The van der Waals surface area contributed by atoms with Crippen molar-refractivity contribution in [2.75, 3.05) is 5.32 Å². The molecule has 0 spiro atoms. The minimum absolute atomic E-state index is 0.0199. The molecule has 2 aliphatic rings. The summed E-state index contributed by atoms with van der Waals surface area (Å²) in [6.45, 7) is -0.746. The Labute approximate surface area is 203 Å². The van der Waals surface area contributed by atoms with Gasteiger partial charge in [0.2, 0.25) is 5.91 Å². The van der Waals surface area contributed by atoms with Gasteiger partial charge in [-0.15, -0.1) is 11.6 Å². The molecule has 0 aromatic carbocycles. The van der Waals surface area contributed by atoms with Crippen molar-refractivity contribution < 1.29 is 46.0 Å². The van der Waals surface area contributed by atoms with Crippen molar-refractivity contribution in [2.45, 2.75) is 75.2 Å². The summed E-state index contributed by atoms with van der Waals surface area (Å²) >= 11 is 6.20. The molecule has 3 rings (SSSR count). The Hall–Kier alpha value is -1.50. The van der Waals surface area contributed by atoms with Gasteiger partial charge in [-0.1, -0.05) is 0 Å². The Morgan fingerprint density at radius 2 is 1.89 bits per heavy atom. The van der Waals surface area contributed by atoms with Crippen molar-refractivity contribution in [3.05, 3.63) is 28.7 Å². The second-order valence-corrected chi connectivity index (χ2v) is 10.6. The molecule has 2 fully saturated rings. The molecule has 0 aliphatic heterocycles. The van der Waals surface area contributed by atoms with Crippen molar-refractivity contribution >= 4 is 31.0 Å². The van der Waals surface area contributed by atoms with E-state index >= 15 is 0 Å². The highest BCUT2D eigenvalue weighted by atomic mass is 35.5. The molecule has 0 bridgehead atoms. The third kappa shape index (κ3) is 7.99. The molecule has 0 radical (unpaired) electrons. The number of hydrogen-bond donors (Lipinski definition) is 3. The van der Waals surface area contributed by atoms with Crippen molar-refractivity contribution in [1.82, 2.24) is 4.57 Å². The van der Waals surface area contributed by atoms with E-state index < -0.39 is 74.2 Å². The predicted molar refractivity (Wildman–Crippen MR) is 116 cm³/mol. The summed E-state index contributed by atoms with van der Waals surface area (Å²) in [4.78, 5) is 42.6. The smallest absolute Gasteiger partial charge is 0.373 e. The number of nitrogens with one attached hydrogen (secondary N) is 1. The number of amides is 1. The Balaban J connectivity index is 1.73. The highest BCUT2D eigenvalue weighted by Crippen LogP contribution is 2.43. The molecule has 1 aromatic rings. The quantitative estimate of drug-likeness (QED) is 0.269. The topological polar surface area (TPSA) is 127 Å². The lowest BCUT2D eigenvalue weighted by atomic mass is 9.78. The number of phosphoric acid groups is 1. The molecule has 198 valence electrons. The molecule has 35 heavy (non-hydrogen) atoms. The van der Waals surface area contributed by atoms with Gasteiger partial charge in [0, 0.05) is 18.0 Å². The summed E-state index contributed by atoms with van der Waals surface area (Å²) in [5.74, 6) is -3.68. The number of alkyl halides is 5. The predicted octanol–water partition coefficient (Wildman–Crippen LogP) is 3.72. The van der Waals surface area contributed by atoms with Crippen LogP contribution in [0.3, 0.4) is 0 Å². The maximum absolute atomic E-state index is 13.6. The van der Waals surface area contributed by atoms with Crippen LogP contribution in [0.15, 0.2) is 23.1 Å². The molecular weight excluding hydrogens is 523 g/mol. The van der Waals surface area contributed by atoms with Crippen LogP contribution in [0.4, 0.5) is 23.2 Å². The summed E-state index contributed by atoms with van der Waals surface area (Å²) in [7, 11) is -4.82. The van der Waals surface area contributed by atoms with Crippen LogP contribution >= 0.6 is 19.4 Å². The molecule has 2 saturated carbocycles. The fraction of sp³-hybridized carbons (Fsp3) is 0.700. The van der Waals surface area contributed by atoms with Crippen LogP contribution in [0.25, 0.3) is 0 Å². The van der Waals surface area contributed by atoms with E-state index in [1.54, 1.807) is 0 Å². The number of ether oxygens (including phenoxy) is 1. The Morgan fingerprint density at radius 3 is 2.49 bits per heavy atom. The minimum atomic E-state index is -4.82. The Kier molecular flexibility index (Phi) is 9.04. The van der Waals surface area contributed by atoms with E-state index in [9.17, 15) is 31.7 Å². The fourth-order valence-corrected chi connectivity index (χ4v) is 5.01. The third-order valence-corrected chi connectivity index (χ3v) is 7.12. The SMILES string of the molecule is O=C(Nc1ccn(COP(=O)(O)O)c(=O)c1)C1CC(C(F)(F)F)CCC1OC1CCC(F)CC1Cl. The number of halogens is 5. The molecule has 15 heteroatoms. The summed E-state index contributed by atoms with van der Waals surface area (Å²) in [6.07, 6.45) is -6.14. The fourth-order valence-electron chi connectivity index (χ4n) is 4.36. The van der Waals surface area contributed by atoms with Gasteiger partial charge in [-0.05, 0) is 44.6 Å². The van der Waals surface area contributed by atoms with Gasteiger partial charge >= 0.3 is 14.0 Å². The summed E-state index contributed by atoms with van der Waals surface area (Å²) in [5, 5.41) is 1.76. The van der Waals surface area contributed by atoms with E-state index in [1.165, 1.54) is 6.07 Å². The molecular formula is C20H26ClF4N2O7P. The van der Waals surface area contributed by atoms with Crippen LogP contribution < -0.4 is 10.9 Å². The van der Waals surface area contributed by atoms with Crippen LogP contribution in [0.2, 0.25) is 0 Å². The molecule has 1 heterocycles. The summed E-state index contributed by atoms with van der Waals surface area (Å²) in [5.41, 5.74) is -0.790. The lowest BCUT2D eigenvalue weighted by Crippen LogP contribution is -2.46. The zero-order valence-corrected chi connectivity index (χ0v) is 20.0. The highest BCUT2D eigenvalue weighted by molar-refractivity contribution is 7.46. The van der Waals surface area contributed by atoms with Crippen LogP contribution in [-0.4, -0.2) is 50.2 Å². The van der Waals surface area contributed by atoms with Crippen LogP contribution in [0.1, 0.15) is 38.5 Å². The van der Waals surface area contributed by atoms with Crippen LogP contribution in [-0.2, 0) is 25.4 Å². The lowest BCUT2D eigenvalue weighted by molar-refractivity contribution is -0.198. The van der Waals surface area contributed by atoms with E-state index in [1.807, 2.05) is 0 Å². The number of carbonyl (C=O) groups is 1. The average Bonchev–Trinajstić information content (AvgIpc) is 2.74. The van der Waals surface area contributed by atoms with Gasteiger partial charge in [0.25, 0.3) is 5.56 Å². The third-order valence-electron chi connectivity index (χ3n) is 6.21. The molecule has 3 N–H and O–H groups in total. The van der Waals surface area contributed by atoms with Crippen molar-refractivity contribution in [2.24, 2.45) is 11.8 Å². The summed E-state index contributed by atoms with van der Waals surface area (Å²) < 4.78 is 75.6. The molecule has 2 aliphatic carbocycles. The number of aromatic nitrogens is 1. The molecule has 1 aromatic heterocycles.